The number of H-pyrrole nitrogens is 1. The standard InChI is InChI=1S/C23H29N9O2/c1-4-31-20(9-14(2)29-31)23-26-22(27-28-23)17-10-15(21(24)33)11-19-18(17)12-25-32(19)8-7-30-6-5-16(13-30)34-3/h9-12,16H,4-8,13H2,1-3H3,(H2,24,33)(H,26,27,28)/t16-/m0/s1. The Morgan fingerprint density at radius 3 is 2.85 bits per heavy atom. The van der Waals surface area contributed by atoms with Gasteiger partial charge in [0.15, 0.2) is 11.6 Å². The number of primary amides is 1. The van der Waals surface area contributed by atoms with Crippen molar-refractivity contribution in [2.24, 2.45) is 5.73 Å². The minimum atomic E-state index is -0.502. The van der Waals surface area contributed by atoms with E-state index in [1.54, 1.807) is 25.4 Å². The smallest absolute Gasteiger partial charge is 0.248 e. The minimum Gasteiger partial charge on any atom is -0.380 e. The number of nitrogens with one attached hydrogen (secondary N) is 1. The number of nitrogens with two attached hydrogens (primary N) is 1. The van der Waals surface area contributed by atoms with Gasteiger partial charge in [-0.05, 0) is 38.5 Å². The van der Waals surface area contributed by atoms with Crippen LogP contribution in [0.25, 0.3) is 33.8 Å². The summed E-state index contributed by atoms with van der Waals surface area (Å²) < 4.78 is 9.25. The number of aryl methyl sites for hydroxylation is 2. The molecule has 1 aromatic carbocycles. The third kappa shape index (κ3) is 4.08. The summed E-state index contributed by atoms with van der Waals surface area (Å²) in [6.07, 6.45) is 3.13. The van der Waals surface area contributed by atoms with Gasteiger partial charge in [-0.25, -0.2) is 4.98 Å². The number of fused-ring (bicyclic) bond motifs is 1. The highest BCUT2D eigenvalue weighted by atomic mass is 16.5. The number of likely N-dealkylation sites (tertiary alicyclic amines) is 1. The lowest BCUT2D eigenvalue weighted by Gasteiger charge is -2.16. The van der Waals surface area contributed by atoms with Crippen LogP contribution in [0.1, 0.15) is 29.4 Å². The molecule has 1 fully saturated rings. The van der Waals surface area contributed by atoms with Crippen LogP contribution < -0.4 is 5.73 Å². The van der Waals surface area contributed by atoms with Gasteiger partial charge in [-0.2, -0.15) is 15.3 Å². The highest BCUT2D eigenvalue weighted by molar-refractivity contribution is 6.02. The topological polar surface area (TPSA) is 133 Å². The zero-order valence-corrected chi connectivity index (χ0v) is 19.7. The summed E-state index contributed by atoms with van der Waals surface area (Å²) in [7, 11) is 1.76. The van der Waals surface area contributed by atoms with E-state index >= 15 is 0 Å². The van der Waals surface area contributed by atoms with Gasteiger partial charge < -0.3 is 10.5 Å². The van der Waals surface area contributed by atoms with E-state index in [9.17, 15) is 4.79 Å². The van der Waals surface area contributed by atoms with Gasteiger partial charge in [0.25, 0.3) is 0 Å². The summed E-state index contributed by atoms with van der Waals surface area (Å²) in [5, 5.41) is 17.4. The van der Waals surface area contributed by atoms with Crippen molar-refractivity contribution in [2.75, 3.05) is 26.7 Å². The maximum atomic E-state index is 12.1. The number of methoxy groups -OCH3 is 1. The van der Waals surface area contributed by atoms with Crippen molar-refractivity contribution in [2.45, 2.75) is 39.5 Å². The molecular formula is C23H29N9O2. The van der Waals surface area contributed by atoms with Crippen LogP contribution in [0.4, 0.5) is 0 Å². The van der Waals surface area contributed by atoms with E-state index in [0.717, 1.165) is 53.9 Å². The molecular weight excluding hydrogens is 434 g/mol. The van der Waals surface area contributed by atoms with Gasteiger partial charge in [0, 0.05) is 49.8 Å². The molecule has 11 heteroatoms. The Balaban J connectivity index is 1.49. The first-order chi connectivity index (χ1) is 16.5. The Morgan fingerprint density at radius 2 is 2.12 bits per heavy atom. The SMILES string of the molecule is CCn1nc(C)cc1-c1n[nH]c(-c2cc(C(N)=O)cc3c2cnn3CCN2CC[C@H](OC)C2)n1. The lowest BCUT2D eigenvalue weighted by Crippen LogP contribution is -2.27. The number of carbonyl (C=O) groups excluding carboxylic acids is 1. The predicted molar refractivity (Wildman–Crippen MR) is 127 cm³/mol. The first kappa shape index (κ1) is 22.2. The van der Waals surface area contributed by atoms with E-state index in [-0.39, 0.29) is 6.10 Å². The van der Waals surface area contributed by atoms with Crippen molar-refractivity contribution >= 4 is 16.8 Å². The molecule has 4 heterocycles. The second-order valence-corrected chi connectivity index (χ2v) is 8.63. The quantitative estimate of drug-likeness (QED) is 0.407. The number of aromatic amines is 1. The molecule has 178 valence electrons. The van der Waals surface area contributed by atoms with E-state index in [0.29, 0.717) is 30.3 Å². The molecule has 0 radical (unpaired) electrons. The van der Waals surface area contributed by atoms with Gasteiger partial charge >= 0.3 is 0 Å². The number of amides is 1. The van der Waals surface area contributed by atoms with Crippen LogP contribution in [0.3, 0.4) is 0 Å². The number of carbonyl (C=O) groups is 1. The fraction of sp³-hybridized carbons (Fsp3) is 0.435. The van der Waals surface area contributed by atoms with E-state index in [1.165, 1.54) is 0 Å². The molecule has 0 unspecified atom stereocenters. The van der Waals surface area contributed by atoms with Gasteiger partial charge in [0.2, 0.25) is 5.91 Å². The van der Waals surface area contributed by atoms with Crippen molar-refractivity contribution in [1.82, 2.24) is 39.6 Å². The van der Waals surface area contributed by atoms with E-state index in [4.69, 9.17) is 15.5 Å². The Kier molecular flexibility index (Phi) is 5.88. The number of benzene rings is 1. The fourth-order valence-electron chi connectivity index (χ4n) is 4.59. The van der Waals surface area contributed by atoms with Gasteiger partial charge in [-0.1, -0.05) is 0 Å². The van der Waals surface area contributed by atoms with Crippen LogP contribution >= 0.6 is 0 Å². The molecule has 3 aromatic heterocycles. The Hall–Kier alpha value is -3.57. The molecule has 3 N–H and O–H groups in total. The second kappa shape index (κ2) is 8.99. The van der Waals surface area contributed by atoms with E-state index in [1.807, 2.05) is 29.3 Å². The lowest BCUT2D eigenvalue weighted by atomic mass is 10.0. The molecule has 1 aliphatic rings. The van der Waals surface area contributed by atoms with Crippen molar-refractivity contribution in [3.63, 3.8) is 0 Å². The number of ether oxygens (including phenoxy) is 1. The summed E-state index contributed by atoms with van der Waals surface area (Å²) in [6.45, 7) is 8.14. The van der Waals surface area contributed by atoms with Crippen LogP contribution in [0.5, 0.6) is 0 Å². The molecule has 0 saturated carbocycles. The number of rotatable bonds is 8. The first-order valence-electron chi connectivity index (χ1n) is 11.5. The maximum Gasteiger partial charge on any atom is 0.248 e. The average Bonchev–Trinajstić information content (AvgIpc) is 3.62. The first-order valence-corrected chi connectivity index (χ1v) is 11.5. The third-order valence-corrected chi connectivity index (χ3v) is 6.41. The van der Waals surface area contributed by atoms with Gasteiger partial charge in [-0.3, -0.25) is 24.2 Å². The normalized spacial score (nSPS) is 16.6. The molecule has 1 amide bonds. The van der Waals surface area contributed by atoms with E-state index in [2.05, 4.69) is 25.3 Å². The minimum absolute atomic E-state index is 0.288. The summed E-state index contributed by atoms with van der Waals surface area (Å²) in [5.41, 5.74) is 9.36. The van der Waals surface area contributed by atoms with Crippen LogP contribution in [-0.4, -0.2) is 78.4 Å². The number of hydrogen-bond acceptors (Lipinski definition) is 7. The summed E-state index contributed by atoms with van der Waals surface area (Å²) in [5.74, 6) is 0.591. The zero-order valence-electron chi connectivity index (χ0n) is 19.7. The largest absolute Gasteiger partial charge is 0.380 e. The van der Waals surface area contributed by atoms with Crippen LogP contribution in [-0.2, 0) is 17.8 Å². The molecule has 1 saturated heterocycles. The molecule has 1 aliphatic heterocycles. The monoisotopic (exact) mass is 463 g/mol. The highest BCUT2D eigenvalue weighted by Crippen LogP contribution is 2.30. The summed E-state index contributed by atoms with van der Waals surface area (Å²) >= 11 is 0. The highest BCUT2D eigenvalue weighted by Gasteiger charge is 2.22. The van der Waals surface area contributed by atoms with Gasteiger partial charge in [0.1, 0.15) is 5.69 Å². The molecule has 0 aliphatic carbocycles. The van der Waals surface area contributed by atoms with E-state index < -0.39 is 5.91 Å². The average molecular weight is 464 g/mol. The van der Waals surface area contributed by atoms with Gasteiger partial charge in [-0.15, -0.1) is 0 Å². The Bertz CT molecular complexity index is 1340. The fourth-order valence-corrected chi connectivity index (χ4v) is 4.59. The maximum absolute atomic E-state index is 12.1. The summed E-state index contributed by atoms with van der Waals surface area (Å²) in [4.78, 5) is 19.2. The molecule has 4 aromatic rings. The van der Waals surface area contributed by atoms with Gasteiger partial charge in [0.05, 0.1) is 30.1 Å². The molecule has 0 spiro atoms. The van der Waals surface area contributed by atoms with Crippen LogP contribution in [0, 0.1) is 6.92 Å². The second-order valence-electron chi connectivity index (χ2n) is 8.63. The predicted octanol–water partition coefficient (Wildman–Crippen LogP) is 1.83. The summed E-state index contributed by atoms with van der Waals surface area (Å²) in [6, 6.07) is 5.49. The number of aromatic nitrogens is 7. The molecule has 34 heavy (non-hydrogen) atoms. The number of hydrogen-bond donors (Lipinski definition) is 2. The van der Waals surface area contributed by atoms with Crippen molar-refractivity contribution in [3.05, 3.63) is 35.7 Å². The molecule has 0 bridgehead atoms. The molecule has 5 rings (SSSR count). The lowest BCUT2D eigenvalue weighted by molar-refractivity contribution is 0.1000. The third-order valence-electron chi connectivity index (χ3n) is 6.41. The number of nitrogens with zero attached hydrogens (tertiary/aromatic N) is 7. The Labute approximate surface area is 196 Å². The van der Waals surface area contributed by atoms with Crippen molar-refractivity contribution in [3.8, 4) is 22.9 Å². The van der Waals surface area contributed by atoms with Crippen molar-refractivity contribution < 1.29 is 9.53 Å². The van der Waals surface area contributed by atoms with Crippen molar-refractivity contribution in [1.29, 1.82) is 0 Å². The van der Waals surface area contributed by atoms with Crippen LogP contribution in [0.2, 0.25) is 0 Å². The zero-order chi connectivity index (χ0) is 23.8. The van der Waals surface area contributed by atoms with Crippen LogP contribution in [0.15, 0.2) is 24.4 Å². The Morgan fingerprint density at radius 1 is 1.26 bits per heavy atom. The molecule has 11 nitrogen and oxygen atoms in total. The molecule has 1 atom stereocenters.